The fourth-order valence-corrected chi connectivity index (χ4v) is 8.17. The number of carbonyl (C=O) groups is 3. The van der Waals surface area contributed by atoms with Gasteiger partial charge in [0.15, 0.2) is 0 Å². The number of amides is 1. The molecule has 4 aromatic carbocycles. The smallest absolute Gasteiger partial charge is 0.461 e. The number of unbranched alkanes of at least 4 members (excludes halogenated alkanes) is 1. The Labute approximate surface area is 392 Å². The first kappa shape index (κ1) is 53.8. The highest BCUT2D eigenvalue weighted by Gasteiger charge is 2.44. The Hall–Kier alpha value is -4.77. The van der Waals surface area contributed by atoms with Gasteiger partial charge in [0, 0.05) is 35.4 Å². The Morgan fingerprint density at radius 3 is 1.91 bits per heavy atom. The summed E-state index contributed by atoms with van der Waals surface area (Å²) in [4.78, 5) is 35.7. The standard InChI is InChI=1S/C48H55Cl2F5N2O8S/c1-8-9-24-63-41-30(2)26-35(45(4,5)33-11-15-37(16-12-33)57-44(60)43(59)47(51,52)53)28-32(41)19-21-46(6,36-27-31(3)42(39(50)29-36)64-25-10-22-49)34-13-17-38(18-14-34)65-48(54,55)40(58)20-23-56-66(7,61)62/h11-18,26-29,56H,8-10,19-25H2,1-7H3,(H,57,60). The molecule has 18 heteroatoms. The van der Waals surface area contributed by atoms with E-state index in [-0.39, 0.29) is 11.4 Å². The molecule has 0 fully saturated rings. The number of hydrogen-bond donors (Lipinski definition) is 2. The van der Waals surface area contributed by atoms with Crippen LogP contribution in [-0.2, 0) is 41.7 Å². The topological polar surface area (TPSA) is 137 Å². The first-order chi connectivity index (χ1) is 30.7. The number of halogens is 7. The number of carbonyl (C=O) groups excluding carboxylic acids is 3. The Balaban J connectivity index is 1.75. The summed E-state index contributed by atoms with van der Waals surface area (Å²) in [6.07, 6.45) is -6.36. The van der Waals surface area contributed by atoms with Crippen molar-refractivity contribution >= 4 is 56.4 Å². The van der Waals surface area contributed by atoms with Crippen molar-refractivity contribution in [1.29, 1.82) is 0 Å². The van der Waals surface area contributed by atoms with Crippen LogP contribution < -0.4 is 24.2 Å². The maximum absolute atomic E-state index is 14.9. The van der Waals surface area contributed by atoms with E-state index in [9.17, 15) is 44.8 Å². The van der Waals surface area contributed by atoms with Crippen LogP contribution in [0.3, 0.4) is 0 Å². The van der Waals surface area contributed by atoms with Gasteiger partial charge in [-0.15, -0.1) is 11.6 Å². The second kappa shape index (κ2) is 22.4. The summed E-state index contributed by atoms with van der Waals surface area (Å²) in [5, 5.41) is 2.36. The first-order valence-electron chi connectivity index (χ1n) is 21.2. The minimum Gasteiger partial charge on any atom is -0.493 e. The Morgan fingerprint density at radius 2 is 1.33 bits per heavy atom. The van der Waals surface area contributed by atoms with Crippen LogP contribution in [0, 0.1) is 13.8 Å². The quantitative estimate of drug-likeness (QED) is 0.0306. The molecular weight excluding hydrogens is 930 g/mol. The Bertz CT molecular complexity index is 2440. The maximum atomic E-state index is 14.9. The summed E-state index contributed by atoms with van der Waals surface area (Å²) in [6.45, 7) is 12.1. The monoisotopic (exact) mass is 984 g/mol. The lowest BCUT2D eigenvalue weighted by Gasteiger charge is -2.33. The normalized spacial score (nSPS) is 13.2. The molecule has 0 aromatic heterocycles. The zero-order chi connectivity index (χ0) is 49.3. The SMILES string of the molecule is CCCCOc1c(C)cc(C(C)(C)c2ccc(NC(=O)C(=O)C(F)(F)F)cc2)cc1CCC(C)(c1ccc(OC(F)(F)C(=O)CCNS(C)(=O)=O)cc1)c1cc(C)c(OCCCCl)c(Cl)c1. The molecule has 0 spiro atoms. The number of sulfonamides is 1. The minimum atomic E-state index is -5.31. The van der Waals surface area contributed by atoms with Gasteiger partial charge in [0.05, 0.1) is 24.5 Å². The third-order valence-electron chi connectivity index (χ3n) is 11.2. The molecule has 0 bridgehead atoms. The molecule has 0 saturated heterocycles. The van der Waals surface area contributed by atoms with Crippen molar-refractivity contribution in [2.24, 2.45) is 0 Å². The molecule has 360 valence electrons. The lowest BCUT2D eigenvalue weighted by molar-refractivity contribution is -0.190. The van der Waals surface area contributed by atoms with Crippen molar-refractivity contribution in [2.45, 2.75) is 103 Å². The van der Waals surface area contributed by atoms with Crippen LogP contribution in [0.2, 0.25) is 5.02 Å². The van der Waals surface area contributed by atoms with E-state index in [0.717, 1.165) is 52.5 Å². The molecule has 4 aromatic rings. The van der Waals surface area contributed by atoms with Crippen molar-refractivity contribution in [3.63, 3.8) is 0 Å². The fourth-order valence-electron chi connectivity index (χ4n) is 7.26. The van der Waals surface area contributed by atoms with Gasteiger partial charge in [-0.05, 0) is 109 Å². The number of nitrogens with one attached hydrogen (secondary N) is 2. The van der Waals surface area contributed by atoms with Crippen LogP contribution in [0.5, 0.6) is 17.2 Å². The molecule has 0 aliphatic heterocycles. The van der Waals surface area contributed by atoms with Gasteiger partial charge in [-0.3, -0.25) is 14.4 Å². The highest BCUT2D eigenvalue weighted by Crippen LogP contribution is 2.44. The predicted molar refractivity (Wildman–Crippen MR) is 246 cm³/mol. The van der Waals surface area contributed by atoms with E-state index in [1.807, 2.05) is 62.9 Å². The van der Waals surface area contributed by atoms with Crippen LogP contribution in [0.15, 0.2) is 72.8 Å². The number of anilines is 1. The van der Waals surface area contributed by atoms with Gasteiger partial charge in [0.1, 0.15) is 17.2 Å². The molecule has 1 atom stereocenters. The van der Waals surface area contributed by atoms with E-state index in [0.29, 0.717) is 60.4 Å². The molecule has 0 radical (unpaired) electrons. The van der Waals surface area contributed by atoms with Gasteiger partial charge < -0.3 is 19.5 Å². The second-order valence-electron chi connectivity index (χ2n) is 16.8. The number of rotatable bonds is 24. The van der Waals surface area contributed by atoms with Crippen molar-refractivity contribution in [3.05, 3.63) is 117 Å². The third-order valence-corrected chi connectivity index (χ3v) is 12.5. The number of ether oxygens (including phenoxy) is 3. The highest BCUT2D eigenvalue weighted by molar-refractivity contribution is 7.88. The molecule has 4 rings (SSSR count). The van der Waals surface area contributed by atoms with Crippen molar-refractivity contribution in [2.75, 3.05) is 37.2 Å². The van der Waals surface area contributed by atoms with E-state index in [2.05, 4.69) is 6.92 Å². The lowest BCUT2D eigenvalue weighted by atomic mass is 9.71. The van der Waals surface area contributed by atoms with Gasteiger partial charge in [-0.1, -0.05) is 88.2 Å². The average molecular weight is 986 g/mol. The van der Waals surface area contributed by atoms with E-state index in [1.54, 1.807) is 30.3 Å². The fraction of sp³-hybridized carbons (Fsp3) is 0.438. The van der Waals surface area contributed by atoms with Crippen LogP contribution in [0.4, 0.5) is 27.6 Å². The molecular formula is C48H55Cl2F5N2O8S. The summed E-state index contributed by atoms with van der Waals surface area (Å²) >= 11 is 12.8. The zero-order valence-electron chi connectivity index (χ0n) is 37.8. The summed E-state index contributed by atoms with van der Waals surface area (Å²) < 4.78 is 110. The summed E-state index contributed by atoms with van der Waals surface area (Å²) in [5.41, 5.74) is 4.05. The maximum Gasteiger partial charge on any atom is 0.461 e. The largest absolute Gasteiger partial charge is 0.493 e. The van der Waals surface area contributed by atoms with E-state index in [1.165, 1.54) is 24.3 Å². The van der Waals surface area contributed by atoms with Crippen LogP contribution >= 0.6 is 23.2 Å². The molecule has 0 aliphatic carbocycles. The molecule has 1 unspecified atom stereocenters. The van der Waals surface area contributed by atoms with Gasteiger partial charge >= 0.3 is 24.0 Å². The summed E-state index contributed by atoms with van der Waals surface area (Å²) in [5.74, 6) is -4.61. The van der Waals surface area contributed by atoms with Crippen LogP contribution in [0.25, 0.3) is 0 Å². The number of aryl methyl sites for hydroxylation is 3. The number of Topliss-reactive ketones (excluding diaryl/α,β-unsaturated/α-hetero) is 2. The van der Waals surface area contributed by atoms with E-state index < -0.39 is 63.6 Å². The van der Waals surface area contributed by atoms with E-state index in [4.69, 9.17) is 37.4 Å². The van der Waals surface area contributed by atoms with Gasteiger partial charge in [-0.25, -0.2) is 13.1 Å². The lowest BCUT2D eigenvalue weighted by Crippen LogP contribution is -2.37. The third kappa shape index (κ3) is 14.1. The van der Waals surface area contributed by atoms with E-state index >= 15 is 0 Å². The van der Waals surface area contributed by atoms with Crippen LogP contribution in [-0.4, -0.2) is 70.1 Å². The molecule has 0 saturated carbocycles. The van der Waals surface area contributed by atoms with Crippen molar-refractivity contribution < 1.29 is 59.0 Å². The van der Waals surface area contributed by atoms with Crippen molar-refractivity contribution in [3.8, 4) is 17.2 Å². The molecule has 0 heterocycles. The molecule has 66 heavy (non-hydrogen) atoms. The summed E-state index contributed by atoms with van der Waals surface area (Å²) in [7, 11) is -3.70. The summed E-state index contributed by atoms with van der Waals surface area (Å²) in [6, 6.07) is 19.9. The number of hydrogen-bond acceptors (Lipinski definition) is 8. The average Bonchev–Trinajstić information content (AvgIpc) is 3.23. The number of benzene rings is 4. The second-order valence-corrected chi connectivity index (χ2v) is 19.4. The molecule has 0 aliphatic rings. The first-order valence-corrected chi connectivity index (χ1v) is 24.0. The molecule has 10 nitrogen and oxygen atoms in total. The molecule has 2 N–H and O–H groups in total. The molecule has 1 amide bonds. The number of alkyl halides is 6. The Morgan fingerprint density at radius 1 is 0.758 bits per heavy atom. The number of ketones is 2. The van der Waals surface area contributed by atoms with Gasteiger partial charge in [-0.2, -0.15) is 22.0 Å². The zero-order valence-corrected chi connectivity index (χ0v) is 40.1. The van der Waals surface area contributed by atoms with Crippen LogP contribution in [0.1, 0.15) is 98.7 Å². The minimum absolute atomic E-state index is 0.0134. The van der Waals surface area contributed by atoms with Gasteiger partial charge in [0.2, 0.25) is 15.8 Å². The highest BCUT2D eigenvalue weighted by atomic mass is 35.5. The Kier molecular flexibility index (Phi) is 18.2. The van der Waals surface area contributed by atoms with Crippen molar-refractivity contribution in [1.82, 2.24) is 4.72 Å². The van der Waals surface area contributed by atoms with Gasteiger partial charge in [0.25, 0.3) is 0 Å². The predicted octanol–water partition coefficient (Wildman–Crippen LogP) is 11.0.